The highest BCUT2D eigenvalue weighted by atomic mass is 35.5. The third kappa shape index (κ3) is 4.57. The van der Waals surface area contributed by atoms with E-state index in [1.54, 1.807) is 0 Å². The fourth-order valence-corrected chi connectivity index (χ4v) is 2.13. The van der Waals surface area contributed by atoms with Crippen molar-refractivity contribution >= 4 is 52.7 Å². The number of rotatable bonds is 5. The largest absolute Gasteiger partial charge is 0.355 e. The Balaban J connectivity index is 1.95. The molecule has 1 heterocycles. The standard InChI is InChI=1S/C12H9Cl3N6O3/c13-6-1-2-7(14)9(15)5(6)3-17-19-8(22)4-16-10-11(23)18-12(24)21-20-10/h1-3H,4H2,(H,16,20)(H,19,22)(H2,18,21,23,24). The number of aromatic amines is 2. The number of amides is 1. The molecule has 2 aromatic rings. The Morgan fingerprint density at radius 1 is 1.25 bits per heavy atom. The number of halogens is 3. The van der Waals surface area contributed by atoms with Crippen LogP contribution in [0.5, 0.6) is 0 Å². The van der Waals surface area contributed by atoms with Gasteiger partial charge in [0.15, 0.2) is 0 Å². The van der Waals surface area contributed by atoms with Crippen molar-refractivity contribution in [1.29, 1.82) is 0 Å². The van der Waals surface area contributed by atoms with Crippen LogP contribution in [0.1, 0.15) is 5.56 Å². The van der Waals surface area contributed by atoms with E-state index in [1.165, 1.54) is 18.3 Å². The van der Waals surface area contributed by atoms with Crippen LogP contribution in [-0.2, 0) is 4.79 Å². The number of anilines is 1. The summed E-state index contributed by atoms with van der Waals surface area (Å²) in [5.74, 6) is -0.789. The van der Waals surface area contributed by atoms with E-state index in [2.05, 4.69) is 20.9 Å². The molecule has 12 heteroatoms. The van der Waals surface area contributed by atoms with Gasteiger partial charge in [0.1, 0.15) is 0 Å². The molecule has 0 spiro atoms. The zero-order valence-electron chi connectivity index (χ0n) is 11.7. The van der Waals surface area contributed by atoms with Gasteiger partial charge in [0.05, 0.1) is 27.8 Å². The van der Waals surface area contributed by atoms with Crippen LogP contribution in [0.25, 0.3) is 0 Å². The van der Waals surface area contributed by atoms with Gasteiger partial charge in [-0.15, -0.1) is 5.10 Å². The third-order valence-corrected chi connectivity index (χ3v) is 3.74. The Morgan fingerprint density at radius 3 is 2.67 bits per heavy atom. The minimum Gasteiger partial charge on any atom is -0.355 e. The van der Waals surface area contributed by atoms with Crippen molar-refractivity contribution < 1.29 is 4.79 Å². The van der Waals surface area contributed by atoms with Crippen molar-refractivity contribution in [2.24, 2.45) is 5.10 Å². The fourth-order valence-electron chi connectivity index (χ4n) is 1.50. The van der Waals surface area contributed by atoms with Crippen LogP contribution in [0.3, 0.4) is 0 Å². The third-order valence-electron chi connectivity index (χ3n) is 2.59. The van der Waals surface area contributed by atoms with Crippen LogP contribution >= 0.6 is 34.8 Å². The summed E-state index contributed by atoms with van der Waals surface area (Å²) in [4.78, 5) is 35.7. The number of H-pyrrole nitrogens is 2. The van der Waals surface area contributed by atoms with E-state index < -0.39 is 17.2 Å². The molecule has 0 aliphatic heterocycles. The summed E-state index contributed by atoms with van der Waals surface area (Å²) in [6, 6.07) is 3.06. The molecule has 4 N–H and O–H groups in total. The monoisotopic (exact) mass is 390 g/mol. The molecule has 0 atom stereocenters. The smallest absolute Gasteiger partial charge is 0.342 e. The van der Waals surface area contributed by atoms with E-state index in [0.717, 1.165) is 0 Å². The molecular formula is C12H9Cl3N6O3. The summed E-state index contributed by atoms with van der Waals surface area (Å²) < 4.78 is 0. The fraction of sp³-hybridized carbons (Fsp3) is 0.0833. The first-order chi connectivity index (χ1) is 11.4. The molecule has 0 bridgehead atoms. The summed E-state index contributed by atoms with van der Waals surface area (Å²) in [6.45, 7) is -0.309. The van der Waals surface area contributed by atoms with Crippen molar-refractivity contribution in [3.63, 3.8) is 0 Å². The van der Waals surface area contributed by atoms with Crippen molar-refractivity contribution in [2.45, 2.75) is 0 Å². The maximum absolute atomic E-state index is 11.6. The van der Waals surface area contributed by atoms with E-state index in [1.807, 2.05) is 10.1 Å². The molecule has 9 nitrogen and oxygen atoms in total. The topological polar surface area (TPSA) is 132 Å². The van der Waals surface area contributed by atoms with Crippen LogP contribution in [0.15, 0.2) is 26.8 Å². The Hall–Kier alpha value is -2.36. The second-order valence-corrected chi connectivity index (χ2v) is 5.45. The Labute approximate surface area is 149 Å². The van der Waals surface area contributed by atoms with E-state index in [4.69, 9.17) is 34.8 Å². The van der Waals surface area contributed by atoms with Gasteiger partial charge < -0.3 is 5.32 Å². The number of nitrogens with one attached hydrogen (secondary N) is 4. The van der Waals surface area contributed by atoms with Crippen LogP contribution in [0.2, 0.25) is 15.1 Å². The second kappa shape index (κ2) is 7.95. The quantitative estimate of drug-likeness (QED) is 0.343. The Bertz CT molecular complexity index is 908. The number of hydrazone groups is 1. The summed E-state index contributed by atoms with van der Waals surface area (Å²) in [5.41, 5.74) is 1.04. The van der Waals surface area contributed by atoms with Crippen LogP contribution in [-0.4, -0.2) is 33.8 Å². The molecule has 0 radical (unpaired) electrons. The van der Waals surface area contributed by atoms with E-state index in [9.17, 15) is 14.4 Å². The summed E-state index contributed by atoms with van der Waals surface area (Å²) in [7, 11) is 0. The predicted octanol–water partition coefficient (Wildman–Crippen LogP) is 0.981. The van der Waals surface area contributed by atoms with Gasteiger partial charge in [0.2, 0.25) is 5.82 Å². The molecule has 0 saturated heterocycles. The van der Waals surface area contributed by atoms with Gasteiger partial charge in [0, 0.05) is 5.56 Å². The highest BCUT2D eigenvalue weighted by Crippen LogP contribution is 2.29. The average molecular weight is 392 g/mol. The van der Waals surface area contributed by atoms with E-state index in [-0.39, 0.29) is 17.4 Å². The van der Waals surface area contributed by atoms with Gasteiger partial charge in [-0.1, -0.05) is 34.8 Å². The zero-order chi connectivity index (χ0) is 17.7. The summed E-state index contributed by atoms with van der Waals surface area (Å²) in [5, 5.41) is 12.4. The van der Waals surface area contributed by atoms with E-state index >= 15 is 0 Å². The van der Waals surface area contributed by atoms with Gasteiger partial charge in [-0.25, -0.2) is 15.3 Å². The number of nitrogens with zero attached hydrogens (tertiary/aromatic N) is 2. The number of aromatic nitrogens is 3. The van der Waals surface area contributed by atoms with Crippen LogP contribution < -0.4 is 22.0 Å². The molecule has 0 fully saturated rings. The first-order valence-electron chi connectivity index (χ1n) is 6.26. The lowest BCUT2D eigenvalue weighted by molar-refractivity contribution is -0.119. The molecule has 1 amide bonds. The normalized spacial score (nSPS) is 10.8. The molecule has 126 valence electrons. The molecule has 2 rings (SSSR count). The lowest BCUT2D eigenvalue weighted by Gasteiger charge is -2.04. The van der Waals surface area contributed by atoms with E-state index in [0.29, 0.717) is 15.6 Å². The summed E-state index contributed by atoms with van der Waals surface area (Å²) >= 11 is 17.8. The molecule has 0 aliphatic carbocycles. The molecular weight excluding hydrogens is 383 g/mol. The van der Waals surface area contributed by atoms with Crippen LogP contribution in [0, 0.1) is 0 Å². The van der Waals surface area contributed by atoms with Gasteiger partial charge in [-0.05, 0) is 12.1 Å². The average Bonchev–Trinajstić information content (AvgIpc) is 2.53. The van der Waals surface area contributed by atoms with Crippen molar-refractivity contribution in [1.82, 2.24) is 20.6 Å². The first kappa shape index (κ1) is 18.0. The molecule has 0 saturated carbocycles. The highest BCUT2D eigenvalue weighted by Gasteiger charge is 2.08. The molecule has 1 aromatic heterocycles. The molecule has 1 aromatic carbocycles. The maximum Gasteiger partial charge on any atom is 0.342 e. The maximum atomic E-state index is 11.6. The molecule has 0 unspecified atom stereocenters. The Morgan fingerprint density at radius 2 is 1.96 bits per heavy atom. The lowest BCUT2D eigenvalue weighted by atomic mass is 10.2. The highest BCUT2D eigenvalue weighted by molar-refractivity contribution is 6.45. The number of carbonyl (C=O) groups excluding carboxylic acids is 1. The Kier molecular flexibility index (Phi) is 5.96. The second-order valence-electron chi connectivity index (χ2n) is 4.26. The van der Waals surface area contributed by atoms with Gasteiger partial charge in [-0.3, -0.25) is 14.6 Å². The number of hydrogen-bond acceptors (Lipinski definition) is 6. The lowest BCUT2D eigenvalue weighted by Crippen LogP contribution is -2.31. The number of hydrogen-bond donors (Lipinski definition) is 4. The van der Waals surface area contributed by atoms with Gasteiger partial charge in [-0.2, -0.15) is 5.10 Å². The number of benzene rings is 1. The van der Waals surface area contributed by atoms with Crippen LogP contribution in [0.4, 0.5) is 5.82 Å². The SMILES string of the molecule is O=C(CNc1n[nH]c(=O)[nH]c1=O)NN=Cc1c(Cl)ccc(Cl)c1Cl. The van der Waals surface area contributed by atoms with Crippen molar-refractivity contribution in [2.75, 3.05) is 11.9 Å². The van der Waals surface area contributed by atoms with Gasteiger partial charge in [0.25, 0.3) is 11.5 Å². The molecule has 0 aliphatic rings. The minimum absolute atomic E-state index is 0.198. The summed E-state index contributed by atoms with van der Waals surface area (Å²) in [6.07, 6.45) is 1.24. The number of carbonyl (C=O) groups is 1. The minimum atomic E-state index is -0.757. The van der Waals surface area contributed by atoms with Crippen molar-refractivity contribution in [3.8, 4) is 0 Å². The predicted molar refractivity (Wildman–Crippen MR) is 91.2 cm³/mol. The first-order valence-corrected chi connectivity index (χ1v) is 7.40. The zero-order valence-corrected chi connectivity index (χ0v) is 14.0. The van der Waals surface area contributed by atoms with Crippen molar-refractivity contribution in [3.05, 3.63) is 53.6 Å². The van der Waals surface area contributed by atoms with Gasteiger partial charge >= 0.3 is 5.69 Å². The molecule has 24 heavy (non-hydrogen) atoms.